The summed E-state index contributed by atoms with van der Waals surface area (Å²) in [5.74, 6) is -1.30. The first kappa shape index (κ1) is 14.8. The van der Waals surface area contributed by atoms with Gasteiger partial charge in [0.15, 0.2) is 11.9 Å². The number of hydrogen-bond acceptors (Lipinski definition) is 5. The second-order valence-electron chi connectivity index (χ2n) is 5.03. The van der Waals surface area contributed by atoms with Crippen molar-refractivity contribution in [1.82, 2.24) is 9.55 Å². The molecule has 20 heavy (non-hydrogen) atoms. The SMILES string of the molecule is C[C@]1(F)[C@@H](n2cc(F)c(=O)[nH]c2=O)O[C@H](CO)[C@@]1(C)O. The van der Waals surface area contributed by atoms with Gasteiger partial charge in [0.25, 0.3) is 5.56 Å². The summed E-state index contributed by atoms with van der Waals surface area (Å²) < 4.78 is 33.6. The molecule has 7 nitrogen and oxygen atoms in total. The van der Waals surface area contributed by atoms with Gasteiger partial charge in [0, 0.05) is 0 Å². The molecule has 0 unspecified atom stereocenters. The Morgan fingerprint density at radius 1 is 1.50 bits per heavy atom. The van der Waals surface area contributed by atoms with E-state index in [9.17, 15) is 23.5 Å². The summed E-state index contributed by atoms with van der Waals surface area (Å²) in [6.07, 6.45) is -2.49. The molecule has 4 atom stereocenters. The minimum absolute atomic E-state index is 0.500. The predicted octanol–water partition coefficient (Wildman–Crippen LogP) is -0.955. The van der Waals surface area contributed by atoms with Crippen molar-refractivity contribution in [2.75, 3.05) is 6.61 Å². The van der Waals surface area contributed by atoms with Crippen LogP contribution < -0.4 is 11.2 Å². The molecule has 2 rings (SSSR count). The topological polar surface area (TPSA) is 105 Å². The van der Waals surface area contributed by atoms with Crippen LogP contribution in [0.25, 0.3) is 0 Å². The van der Waals surface area contributed by atoms with Crippen molar-refractivity contribution in [3.05, 3.63) is 32.9 Å². The molecule has 1 aromatic rings. The minimum Gasteiger partial charge on any atom is -0.394 e. The lowest BCUT2D eigenvalue weighted by Gasteiger charge is -2.32. The number of halogens is 2. The summed E-state index contributed by atoms with van der Waals surface area (Å²) in [5, 5.41) is 19.2. The summed E-state index contributed by atoms with van der Waals surface area (Å²) in [6, 6.07) is 0. The van der Waals surface area contributed by atoms with Gasteiger partial charge in [-0.3, -0.25) is 14.3 Å². The molecule has 0 spiro atoms. The fourth-order valence-corrected chi connectivity index (χ4v) is 2.16. The summed E-state index contributed by atoms with van der Waals surface area (Å²) in [6.45, 7) is 1.37. The molecular formula is C11H14F2N2O5. The molecule has 1 aliphatic rings. The number of aliphatic hydroxyl groups excluding tert-OH is 1. The molecular weight excluding hydrogens is 278 g/mol. The maximum absolute atomic E-state index is 14.7. The van der Waals surface area contributed by atoms with Crippen LogP contribution in [0.4, 0.5) is 8.78 Å². The molecule has 0 aliphatic carbocycles. The highest BCUT2D eigenvalue weighted by Crippen LogP contribution is 2.47. The molecule has 0 bridgehead atoms. The lowest BCUT2D eigenvalue weighted by atomic mass is 9.85. The van der Waals surface area contributed by atoms with Crippen LogP contribution >= 0.6 is 0 Å². The monoisotopic (exact) mass is 292 g/mol. The van der Waals surface area contributed by atoms with Crippen molar-refractivity contribution in [3.8, 4) is 0 Å². The maximum Gasteiger partial charge on any atom is 0.330 e. The zero-order chi connectivity index (χ0) is 15.3. The molecule has 1 aromatic heterocycles. The number of aliphatic hydroxyl groups is 2. The van der Waals surface area contributed by atoms with Gasteiger partial charge >= 0.3 is 5.69 Å². The van der Waals surface area contributed by atoms with E-state index in [0.717, 1.165) is 13.8 Å². The Kier molecular flexibility index (Phi) is 3.31. The summed E-state index contributed by atoms with van der Waals surface area (Å²) in [5.41, 5.74) is -6.91. The molecule has 0 aromatic carbocycles. The van der Waals surface area contributed by atoms with Crippen molar-refractivity contribution in [2.45, 2.75) is 37.4 Å². The third-order valence-corrected chi connectivity index (χ3v) is 3.72. The minimum atomic E-state index is -2.49. The highest BCUT2D eigenvalue weighted by atomic mass is 19.1. The van der Waals surface area contributed by atoms with Crippen LogP contribution in [0, 0.1) is 5.82 Å². The zero-order valence-corrected chi connectivity index (χ0v) is 10.8. The number of H-pyrrole nitrogens is 1. The van der Waals surface area contributed by atoms with Gasteiger partial charge in [0.1, 0.15) is 11.7 Å². The zero-order valence-electron chi connectivity index (χ0n) is 10.8. The molecule has 1 aliphatic heterocycles. The quantitative estimate of drug-likeness (QED) is 0.651. The van der Waals surface area contributed by atoms with Crippen LogP contribution in [0.1, 0.15) is 20.1 Å². The number of aromatic nitrogens is 2. The lowest BCUT2D eigenvalue weighted by molar-refractivity contribution is -0.0892. The number of alkyl halides is 1. The van der Waals surface area contributed by atoms with Crippen LogP contribution in [0.5, 0.6) is 0 Å². The van der Waals surface area contributed by atoms with Crippen LogP contribution in [0.15, 0.2) is 15.8 Å². The standard InChI is InChI=1S/C11H14F2N2O5/c1-10(13)8(20-6(4-16)11(10,2)19)15-3-5(12)7(17)14-9(15)18/h3,6,8,16,19H,4H2,1-2H3,(H,14,17,18)/t6-,8+,10+,11-/m1/s1. The number of ether oxygens (including phenoxy) is 1. The molecule has 9 heteroatoms. The molecule has 112 valence electrons. The molecule has 2 heterocycles. The summed E-state index contributed by atoms with van der Waals surface area (Å²) >= 11 is 0. The molecule has 0 saturated carbocycles. The molecule has 3 N–H and O–H groups in total. The van der Waals surface area contributed by atoms with E-state index in [1.54, 1.807) is 4.98 Å². The van der Waals surface area contributed by atoms with Gasteiger partial charge in [0.05, 0.1) is 12.8 Å². The smallest absolute Gasteiger partial charge is 0.330 e. The third kappa shape index (κ3) is 1.89. The maximum atomic E-state index is 14.7. The Bertz CT molecular complexity index is 636. The van der Waals surface area contributed by atoms with Gasteiger partial charge in [-0.15, -0.1) is 0 Å². The average molecular weight is 292 g/mol. The van der Waals surface area contributed by atoms with E-state index < -0.39 is 47.3 Å². The first-order valence-electron chi connectivity index (χ1n) is 5.81. The first-order chi connectivity index (χ1) is 9.12. The number of nitrogens with zero attached hydrogens (tertiary/aromatic N) is 1. The molecule has 1 fully saturated rings. The van der Waals surface area contributed by atoms with Gasteiger partial charge in [-0.25, -0.2) is 9.18 Å². The molecule has 1 saturated heterocycles. The van der Waals surface area contributed by atoms with Gasteiger partial charge in [-0.05, 0) is 13.8 Å². The first-order valence-corrected chi connectivity index (χ1v) is 5.81. The van der Waals surface area contributed by atoms with E-state index in [0.29, 0.717) is 10.8 Å². The predicted molar refractivity (Wildman–Crippen MR) is 62.4 cm³/mol. The fraction of sp³-hybridized carbons (Fsp3) is 0.636. The highest BCUT2D eigenvalue weighted by Gasteiger charge is 2.63. The normalized spacial score (nSPS) is 37.3. The molecule has 0 amide bonds. The second kappa shape index (κ2) is 4.47. The van der Waals surface area contributed by atoms with Crippen LogP contribution in [-0.4, -0.2) is 43.7 Å². The average Bonchev–Trinajstić information content (AvgIpc) is 2.52. The van der Waals surface area contributed by atoms with Crippen LogP contribution in [-0.2, 0) is 4.74 Å². The summed E-state index contributed by atoms with van der Waals surface area (Å²) in [7, 11) is 0. The highest BCUT2D eigenvalue weighted by molar-refractivity contribution is 5.09. The van der Waals surface area contributed by atoms with Crippen molar-refractivity contribution in [1.29, 1.82) is 0 Å². The van der Waals surface area contributed by atoms with Gasteiger partial charge in [0.2, 0.25) is 5.82 Å². The van der Waals surface area contributed by atoms with Crippen molar-refractivity contribution in [2.24, 2.45) is 0 Å². The van der Waals surface area contributed by atoms with Gasteiger partial charge in [-0.2, -0.15) is 4.39 Å². The van der Waals surface area contributed by atoms with Crippen LogP contribution in [0.2, 0.25) is 0 Å². The largest absolute Gasteiger partial charge is 0.394 e. The lowest BCUT2D eigenvalue weighted by Crippen LogP contribution is -2.52. The Morgan fingerprint density at radius 3 is 2.60 bits per heavy atom. The van der Waals surface area contributed by atoms with E-state index in [1.165, 1.54) is 0 Å². The summed E-state index contributed by atoms with van der Waals surface area (Å²) in [4.78, 5) is 24.2. The van der Waals surface area contributed by atoms with E-state index in [2.05, 4.69) is 0 Å². The molecule has 0 radical (unpaired) electrons. The third-order valence-electron chi connectivity index (χ3n) is 3.72. The van der Waals surface area contributed by atoms with Gasteiger partial charge in [-0.1, -0.05) is 0 Å². The van der Waals surface area contributed by atoms with Gasteiger partial charge < -0.3 is 14.9 Å². The van der Waals surface area contributed by atoms with Crippen LogP contribution in [0.3, 0.4) is 0 Å². The van der Waals surface area contributed by atoms with E-state index in [1.807, 2.05) is 0 Å². The number of aromatic amines is 1. The fourth-order valence-electron chi connectivity index (χ4n) is 2.16. The van der Waals surface area contributed by atoms with E-state index in [-0.39, 0.29) is 0 Å². The van der Waals surface area contributed by atoms with Crippen molar-refractivity contribution >= 4 is 0 Å². The van der Waals surface area contributed by atoms with Crippen molar-refractivity contribution in [3.63, 3.8) is 0 Å². The Labute approximate surface area is 111 Å². The number of rotatable bonds is 2. The van der Waals surface area contributed by atoms with E-state index >= 15 is 0 Å². The number of hydrogen-bond donors (Lipinski definition) is 3. The Balaban J connectivity index is 2.57. The Hall–Kier alpha value is -1.58. The Morgan fingerprint density at radius 2 is 2.10 bits per heavy atom. The van der Waals surface area contributed by atoms with E-state index in [4.69, 9.17) is 9.84 Å². The van der Waals surface area contributed by atoms with Crippen molar-refractivity contribution < 1.29 is 23.7 Å². The second-order valence-corrected chi connectivity index (χ2v) is 5.03. The number of nitrogens with one attached hydrogen (secondary N) is 1.